The third-order valence-electron chi connectivity index (χ3n) is 2.60. The first-order chi connectivity index (χ1) is 9.22. The van der Waals surface area contributed by atoms with Crippen LogP contribution in [0.25, 0.3) is 0 Å². The SMILES string of the molecule is COc1ccccc1CNc1nc(C)cc(C#N)n1. The van der Waals surface area contributed by atoms with Crippen molar-refractivity contribution in [2.75, 3.05) is 12.4 Å². The molecule has 0 aliphatic carbocycles. The van der Waals surface area contributed by atoms with Crippen molar-refractivity contribution in [1.82, 2.24) is 9.97 Å². The van der Waals surface area contributed by atoms with Gasteiger partial charge in [0.15, 0.2) is 0 Å². The summed E-state index contributed by atoms with van der Waals surface area (Å²) in [7, 11) is 1.63. The molecule has 0 atom stereocenters. The fourth-order valence-corrected chi connectivity index (χ4v) is 1.73. The zero-order chi connectivity index (χ0) is 13.7. The lowest BCUT2D eigenvalue weighted by Crippen LogP contribution is -2.06. The Bertz CT molecular complexity index is 619. The maximum atomic E-state index is 8.87. The summed E-state index contributed by atoms with van der Waals surface area (Å²) in [6.45, 7) is 2.37. The van der Waals surface area contributed by atoms with Gasteiger partial charge in [0.05, 0.1) is 7.11 Å². The van der Waals surface area contributed by atoms with E-state index in [0.29, 0.717) is 18.2 Å². The maximum absolute atomic E-state index is 8.87. The lowest BCUT2D eigenvalue weighted by atomic mass is 10.2. The van der Waals surface area contributed by atoms with Gasteiger partial charge in [-0.25, -0.2) is 9.97 Å². The summed E-state index contributed by atoms with van der Waals surface area (Å²) in [6.07, 6.45) is 0. The number of nitrogens with zero attached hydrogens (tertiary/aromatic N) is 3. The molecular weight excluding hydrogens is 240 g/mol. The van der Waals surface area contributed by atoms with Gasteiger partial charge in [-0.2, -0.15) is 5.26 Å². The molecule has 0 saturated carbocycles. The summed E-state index contributed by atoms with van der Waals surface area (Å²) in [6, 6.07) is 11.4. The Hall–Kier alpha value is -2.61. The van der Waals surface area contributed by atoms with Crippen molar-refractivity contribution in [3.8, 4) is 11.8 Å². The first-order valence-electron chi connectivity index (χ1n) is 5.84. The third kappa shape index (κ3) is 3.19. The van der Waals surface area contributed by atoms with E-state index in [1.807, 2.05) is 37.3 Å². The zero-order valence-electron chi connectivity index (χ0n) is 10.8. The summed E-state index contributed by atoms with van der Waals surface area (Å²) >= 11 is 0. The van der Waals surface area contributed by atoms with Crippen molar-refractivity contribution in [3.05, 3.63) is 47.3 Å². The van der Waals surface area contributed by atoms with E-state index in [1.54, 1.807) is 13.2 Å². The van der Waals surface area contributed by atoms with Crippen LogP contribution in [0.15, 0.2) is 30.3 Å². The summed E-state index contributed by atoms with van der Waals surface area (Å²) < 4.78 is 5.27. The molecule has 5 heteroatoms. The van der Waals surface area contributed by atoms with Crippen LogP contribution in [-0.4, -0.2) is 17.1 Å². The Labute approximate surface area is 111 Å². The van der Waals surface area contributed by atoms with Gasteiger partial charge >= 0.3 is 0 Å². The summed E-state index contributed by atoms with van der Waals surface area (Å²) in [5.74, 6) is 1.26. The number of methoxy groups -OCH3 is 1. The average Bonchev–Trinajstić information content (AvgIpc) is 2.44. The number of aromatic nitrogens is 2. The van der Waals surface area contributed by atoms with Crippen molar-refractivity contribution in [3.63, 3.8) is 0 Å². The van der Waals surface area contributed by atoms with Gasteiger partial charge in [-0.05, 0) is 19.1 Å². The number of aryl methyl sites for hydroxylation is 1. The highest BCUT2D eigenvalue weighted by Crippen LogP contribution is 2.18. The number of hydrogen-bond acceptors (Lipinski definition) is 5. The van der Waals surface area contributed by atoms with Crippen molar-refractivity contribution in [1.29, 1.82) is 5.26 Å². The monoisotopic (exact) mass is 254 g/mol. The van der Waals surface area contributed by atoms with Gasteiger partial charge in [0, 0.05) is 17.8 Å². The van der Waals surface area contributed by atoms with E-state index >= 15 is 0 Å². The normalized spacial score (nSPS) is 9.74. The van der Waals surface area contributed by atoms with Gasteiger partial charge < -0.3 is 10.1 Å². The highest BCUT2D eigenvalue weighted by atomic mass is 16.5. The minimum atomic E-state index is 0.357. The number of nitrogens with one attached hydrogen (secondary N) is 1. The van der Waals surface area contributed by atoms with Crippen molar-refractivity contribution < 1.29 is 4.74 Å². The van der Waals surface area contributed by atoms with Crippen LogP contribution in [0.1, 0.15) is 17.0 Å². The molecule has 0 unspecified atom stereocenters. The first kappa shape index (κ1) is 12.8. The minimum Gasteiger partial charge on any atom is -0.496 e. The van der Waals surface area contributed by atoms with E-state index in [4.69, 9.17) is 10.00 Å². The molecule has 0 saturated heterocycles. The predicted octanol–water partition coefficient (Wildman–Crippen LogP) is 2.28. The second-order valence-corrected chi connectivity index (χ2v) is 4.00. The zero-order valence-corrected chi connectivity index (χ0v) is 10.8. The van der Waals surface area contributed by atoms with Crippen LogP contribution < -0.4 is 10.1 Å². The van der Waals surface area contributed by atoms with E-state index in [0.717, 1.165) is 17.0 Å². The molecule has 1 heterocycles. The lowest BCUT2D eigenvalue weighted by molar-refractivity contribution is 0.410. The molecule has 0 amide bonds. The molecule has 19 heavy (non-hydrogen) atoms. The first-order valence-corrected chi connectivity index (χ1v) is 5.84. The van der Waals surface area contributed by atoms with Gasteiger partial charge in [0.1, 0.15) is 17.5 Å². The van der Waals surface area contributed by atoms with Crippen LogP contribution in [0.2, 0.25) is 0 Å². The molecule has 0 bridgehead atoms. The number of rotatable bonds is 4. The van der Waals surface area contributed by atoms with Crippen LogP contribution in [0.3, 0.4) is 0 Å². The van der Waals surface area contributed by atoms with E-state index < -0.39 is 0 Å². The molecule has 1 aromatic heterocycles. The summed E-state index contributed by atoms with van der Waals surface area (Å²) in [4.78, 5) is 8.34. The van der Waals surface area contributed by atoms with Crippen molar-refractivity contribution in [2.45, 2.75) is 13.5 Å². The fourth-order valence-electron chi connectivity index (χ4n) is 1.73. The summed E-state index contributed by atoms with van der Waals surface area (Å²) in [5, 5.41) is 12.0. The molecule has 0 fully saturated rings. The Kier molecular flexibility index (Phi) is 3.94. The number of hydrogen-bond donors (Lipinski definition) is 1. The Balaban J connectivity index is 2.15. The van der Waals surface area contributed by atoms with E-state index in [2.05, 4.69) is 15.3 Å². The number of benzene rings is 1. The topological polar surface area (TPSA) is 70.8 Å². The molecule has 0 radical (unpaired) electrons. The number of para-hydroxylation sites is 1. The van der Waals surface area contributed by atoms with E-state index in [1.165, 1.54) is 0 Å². The maximum Gasteiger partial charge on any atom is 0.224 e. The highest BCUT2D eigenvalue weighted by molar-refractivity contribution is 5.38. The minimum absolute atomic E-state index is 0.357. The van der Waals surface area contributed by atoms with Crippen LogP contribution in [0.4, 0.5) is 5.95 Å². The number of nitriles is 1. The smallest absolute Gasteiger partial charge is 0.224 e. The van der Waals surface area contributed by atoms with E-state index in [9.17, 15) is 0 Å². The fraction of sp³-hybridized carbons (Fsp3) is 0.214. The van der Waals surface area contributed by atoms with Gasteiger partial charge in [-0.15, -0.1) is 0 Å². The van der Waals surface area contributed by atoms with Gasteiger partial charge in [0.25, 0.3) is 0 Å². The molecule has 1 N–H and O–H groups in total. The van der Waals surface area contributed by atoms with Crippen molar-refractivity contribution >= 4 is 5.95 Å². The van der Waals surface area contributed by atoms with Crippen LogP contribution >= 0.6 is 0 Å². The Morgan fingerprint density at radius 3 is 2.84 bits per heavy atom. The van der Waals surface area contributed by atoms with E-state index in [-0.39, 0.29) is 0 Å². The molecular formula is C14H14N4O. The average molecular weight is 254 g/mol. The Morgan fingerprint density at radius 2 is 2.11 bits per heavy atom. The molecule has 0 spiro atoms. The molecule has 0 aliphatic rings. The standard InChI is InChI=1S/C14H14N4O/c1-10-7-12(8-15)18-14(17-10)16-9-11-5-3-4-6-13(11)19-2/h3-7H,9H2,1-2H3,(H,16,17,18). The third-order valence-corrected chi connectivity index (χ3v) is 2.60. The molecule has 2 aromatic rings. The Morgan fingerprint density at radius 1 is 1.32 bits per heavy atom. The number of ether oxygens (including phenoxy) is 1. The highest BCUT2D eigenvalue weighted by Gasteiger charge is 2.04. The second-order valence-electron chi connectivity index (χ2n) is 4.00. The van der Waals surface area contributed by atoms with Gasteiger partial charge in [-0.1, -0.05) is 18.2 Å². The van der Waals surface area contributed by atoms with Crippen molar-refractivity contribution in [2.24, 2.45) is 0 Å². The second kappa shape index (κ2) is 5.83. The molecule has 5 nitrogen and oxygen atoms in total. The summed E-state index contributed by atoms with van der Waals surface area (Å²) in [5.41, 5.74) is 2.12. The molecule has 2 rings (SSSR count). The predicted molar refractivity (Wildman–Crippen MR) is 71.8 cm³/mol. The molecule has 1 aromatic carbocycles. The van der Waals surface area contributed by atoms with Gasteiger partial charge in [0.2, 0.25) is 5.95 Å². The lowest BCUT2D eigenvalue weighted by Gasteiger charge is -2.09. The van der Waals surface area contributed by atoms with Crippen LogP contribution in [0, 0.1) is 18.3 Å². The molecule has 0 aliphatic heterocycles. The van der Waals surface area contributed by atoms with Crippen LogP contribution in [0.5, 0.6) is 5.75 Å². The largest absolute Gasteiger partial charge is 0.496 e. The number of anilines is 1. The van der Waals surface area contributed by atoms with Crippen LogP contribution in [-0.2, 0) is 6.54 Å². The van der Waals surface area contributed by atoms with Gasteiger partial charge in [-0.3, -0.25) is 0 Å². The molecule has 96 valence electrons. The quantitative estimate of drug-likeness (QED) is 0.906.